The van der Waals surface area contributed by atoms with Crippen molar-refractivity contribution < 1.29 is 13.3 Å². The van der Waals surface area contributed by atoms with Crippen LogP contribution in [0, 0.1) is 0 Å². The molecule has 6 nitrogen and oxygen atoms in total. The van der Waals surface area contributed by atoms with Gasteiger partial charge in [-0.2, -0.15) is 0 Å². The highest BCUT2D eigenvalue weighted by molar-refractivity contribution is 6.60. The van der Waals surface area contributed by atoms with Gasteiger partial charge in [-0.05, 0) is 45.9 Å². The van der Waals surface area contributed by atoms with Crippen LogP contribution in [0.3, 0.4) is 0 Å². The summed E-state index contributed by atoms with van der Waals surface area (Å²) in [6.07, 6.45) is 4.54. The van der Waals surface area contributed by atoms with Crippen molar-refractivity contribution in [2.75, 3.05) is 39.5 Å². The number of aromatic nitrogens is 1. The Morgan fingerprint density at radius 3 is 2.38 bits per heavy atom. The Morgan fingerprint density at radius 2 is 1.79 bits per heavy atom. The number of aliphatic imine (C=N–C) groups is 1. The number of rotatable bonds is 14. The molecule has 1 aromatic rings. The van der Waals surface area contributed by atoms with Crippen LogP contribution in [-0.2, 0) is 13.3 Å². The van der Waals surface area contributed by atoms with E-state index in [9.17, 15) is 0 Å². The Morgan fingerprint density at radius 1 is 1.08 bits per heavy atom. The standard InChI is InChI=1S/C17H31N3O3Si/c1-4-21-24(22-5-2,23-6-3)15-9-11-18-13-14-19-16-17-10-7-8-12-20-17/h7-8,10,12,16,18H,4-6,9,11,13-15H2,1-3H3. The lowest BCUT2D eigenvalue weighted by Gasteiger charge is -2.28. The zero-order valence-electron chi connectivity index (χ0n) is 15.2. The van der Waals surface area contributed by atoms with Gasteiger partial charge in [0.2, 0.25) is 0 Å². The molecule has 1 rings (SSSR count). The van der Waals surface area contributed by atoms with E-state index in [0.717, 1.165) is 37.8 Å². The van der Waals surface area contributed by atoms with E-state index in [2.05, 4.69) is 15.3 Å². The van der Waals surface area contributed by atoms with E-state index in [1.54, 1.807) is 12.4 Å². The van der Waals surface area contributed by atoms with Crippen LogP contribution in [0.15, 0.2) is 29.4 Å². The fourth-order valence-corrected chi connectivity index (χ4v) is 4.92. The van der Waals surface area contributed by atoms with E-state index in [1.807, 2.05) is 39.0 Å². The highest BCUT2D eigenvalue weighted by Crippen LogP contribution is 2.17. The van der Waals surface area contributed by atoms with E-state index in [4.69, 9.17) is 13.3 Å². The Hall–Kier alpha value is -1.12. The van der Waals surface area contributed by atoms with Crippen LogP contribution >= 0.6 is 0 Å². The molecule has 1 aromatic heterocycles. The molecule has 1 N–H and O–H groups in total. The monoisotopic (exact) mass is 353 g/mol. The highest BCUT2D eigenvalue weighted by Gasteiger charge is 2.39. The fourth-order valence-electron chi connectivity index (χ4n) is 2.31. The van der Waals surface area contributed by atoms with Crippen molar-refractivity contribution in [3.05, 3.63) is 30.1 Å². The first-order valence-corrected chi connectivity index (χ1v) is 10.7. The molecule has 0 aliphatic carbocycles. The molecule has 0 fully saturated rings. The van der Waals surface area contributed by atoms with Crippen molar-refractivity contribution in [3.8, 4) is 0 Å². The van der Waals surface area contributed by atoms with Crippen molar-refractivity contribution in [2.24, 2.45) is 4.99 Å². The van der Waals surface area contributed by atoms with Crippen molar-refractivity contribution in [3.63, 3.8) is 0 Å². The molecule has 0 aliphatic heterocycles. The maximum Gasteiger partial charge on any atom is 0.500 e. The number of hydrogen-bond donors (Lipinski definition) is 1. The molecule has 0 spiro atoms. The summed E-state index contributed by atoms with van der Waals surface area (Å²) >= 11 is 0. The van der Waals surface area contributed by atoms with Crippen molar-refractivity contribution in [1.82, 2.24) is 10.3 Å². The van der Waals surface area contributed by atoms with Gasteiger partial charge in [0.1, 0.15) is 0 Å². The third kappa shape index (κ3) is 8.65. The topological polar surface area (TPSA) is 65.0 Å². The lowest BCUT2D eigenvalue weighted by atomic mass is 10.4. The summed E-state index contributed by atoms with van der Waals surface area (Å²) in [6, 6.07) is 6.63. The van der Waals surface area contributed by atoms with Crippen LogP contribution in [0.2, 0.25) is 6.04 Å². The summed E-state index contributed by atoms with van der Waals surface area (Å²) in [5.41, 5.74) is 0.887. The molecule has 0 amide bonds. The first-order valence-electron chi connectivity index (χ1n) is 8.79. The molecule has 0 saturated carbocycles. The quantitative estimate of drug-likeness (QED) is 0.316. The Kier molecular flexibility index (Phi) is 11.5. The van der Waals surface area contributed by atoms with E-state index in [0.29, 0.717) is 19.8 Å². The highest BCUT2D eigenvalue weighted by atomic mass is 28.4. The largest absolute Gasteiger partial charge is 0.500 e. The van der Waals surface area contributed by atoms with Crippen LogP contribution in [0.4, 0.5) is 0 Å². The second kappa shape index (κ2) is 13.2. The van der Waals surface area contributed by atoms with E-state index >= 15 is 0 Å². The molecule has 24 heavy (non-hydrogen) atoms. The number of nitrogens with one attached hydrogen (secondary N) is 1. The fraction of sp³-hybridized carbons (Fsp3) is 0.647. The van der Waals surface area contributed by atoms with Crippen molar-refractivity contribution in [1.29, 1.82) is 0 Å². The van der Waals surface area contributed by atoms with Crippen molar-refractivity contribution >= 4 is 15.0 Å². The van der Waals surface area contributed by atoms with Gasteiger partial charge in [0.15, 0.2) is 0 Å². The van der Waals surface area contributed by atoms with Gasteiger partial charge in [-0.15, -0.1) is 0 Å². The van der Waals surface area contributed by atoms with E-state index in [1.165, 1.54) is 0 Å². The molecule has 136 valence electrons. The molecule has 0 saturated heterocycles. The van der Waals surface area contributed by atoms with Gasteiger partial charge in [0.05, 0.1) is 12.2 Å². The third-order valence-electron chi connectivity index (χ3n) is 3.26. The minimum absolute atomic E-state index is 0.627. The van der Waals surface area contributed by atoms with Gasteiger partial charge in [-0.25, -0.2) is 0 Å². The molecule has 7 heteroatoms. The molecule has 0 atom stereocenters. The van der Waals surface area contributed by atoms with Gasteiger partial charge >= 0.3 is 8.80 Å². The van der Waals surface area contributed by atoms with E-state index in [-0.39, 0.29) is 0 Å². The summed E-state index contributed by atoms with van der Waals surface area (Å²) in [6.45, 7) is 10.3. The summed E-state index contributed by atoms with van der Waals surface area (Å²) in [7, 11) is -2.49. The molecular weight excluding hydrogens is 322 g/mol. The molecular formula is C17H31N3O3Si. The van der Waals surface area contributed by atoms with Gasteiger partial charge in [-0.3, -0.25) is 9.98 Å². The van der Waals surface area contributed by atoms with E-state index < -0.39 is 8.80 Å². The molecule has 0 unspecified atom stereocenters. The van der Waals surface area contributed by atoms with Gasteiger partial charge in [0.25, 0.3) is 0 Å². The minimum atomic E-state index is -2.49. The van der Waals surface area contributed by atoms with Gasteiger partial charge < -0.3 is 18.6 Å². The lowest BCUT2D eigenvalue weighted by Crippen LogP contribution is -2.46. The molecule has 0 aliphatic rings. The first kappa shape index (κ1) is 20.9. The Balaban J connectivity index is 2.19. The average molecular weight is 354 g/mol. The smallest absolute Gasteiger partial charge is 0.374 e. The number of hydrogen-bond acceptors (Lipinski definition) is 6. The summed E-state index contributed by atoms with van der Waals surface area (Å²) < 4.78 is 17.5. The van der Waals surface area contributed by atoms with Crippen LogP contribution in [0.25, 0.3) is 0 Å². The maximum atomic E-state index is 5.84. The summed E-state index contributed by atoms with van der Waals surface area (Å²) in [5, 5.41) is 3.39. The van der Waals surface area contributed by atoms with Crippen LogP contribution in [-0.4, -0.2) is 59.5 Å². The zero-order chi connectivity index (χ0) is 17.5. The number of nitrogens with zero attached hydrogens (tertiary/aromatic N) is 2. The average Bonchev–Trinajstić information content (AvgIpc) is 2.59. The predicted molar refractivity (Wildman–Crippen MR) is 99.6 cm³/mol. The molecule has 1 heterocycles. The number of pyridine rings is 1. The normalized spacial score (nSPS) is 12.1. The van der Waals surface area contributed by atoms with Gasteiger partial charge in [0, 0.05) is 44.8 Å². The first-order chi connectivity index (χ1) is 11.8. The zero-order valence-corrected chi connectivity index (χ0v) is 16.2. The summed E-state index contributed by atoms with van der Waals surface area (Å²) in [5.74, 6) is 0. The van der Waals surface area contributed by atoms with Crippen molar-refractivity contribution in [2.45, 2.75) is 33.2 Å². The minimum Gasteiger partial charge on any atom is -0.374 e. The van der Waals surface area contributed by atoms with Crippen LogP contribution in [0.5, 0.6) is 0 Å². The third-order valence-corrected chi connectivity index (χ3v) is 6.41. The predicted octanol–water partition coefficient (Wildman–Crippen LogP) is 2.53. The molecule has 0 bridgehead atoms. The molecule has 0 radical (unpaired) electrons. The Bertz CT molecular complexity index is 429. The lowest BCUT2D eigenvalue weighted by molar-refractivity contribution is 0.0708. The summed E-state index contributed by atoms with van der Waals surface area (Å²) in [4.78, 5) is 8.56. The molecule has 0 aromatic carbocycles. The second-order valence-electron chi connectivity index (χ2n) is 5.13. The van der Waals surface area contributed by atoms with Crippen LogP contribution in [0.1, 0.15) is 32.9 Å². The van der Waals surface area contributed by atoms with Crippen LogP contribution < -0.4 is 5.32 Å². The SMILES string of the molecule is CCO[Si](CCCNCCN=Cc1ccccn1)(OCC)OCC. The maximum absolute atomic E-state index is 5.84. The Labute approximate surface area is 147 Å². The second-order valence-corrected chi connectivity index (χ2v) is 7.86. The van der Waals surface area contributed by atoms with Gasteiger partial charge in [-0.1, -0.05) is 6.07 Å².